The fourth-order valence-corrected chi connectivity index (χ4v) is 1.47. The first-order valence-electron chi connectivity index (χ1n) is 5.58. The second-order valence-electron chi connectivity index (χ2n) is 4.09. The molecular weight excluding hydrogens is 186 g/mol. The van der Waals surface area contributed by atoms with E-state index in [9.17, 15) is 0 Å². The summed E-state index contributed by atoms with van der Waals surface area (Å²) in [6, 6.07) is 8.47. The second-order valence-corrected chi connectivity index (χ2v) is 4.09. The van der Waals surface area contributed by atoms with Gasteiger partial charge in [-0.2, -0.15) is 0 Å². The Morgan fingerprint density at radius 1 is 1.13 bits per heavy atom. The first-order chi connectivity index (χ1) is 7.15. The van der Waals surface area contributed by atoms with Crippen molar-refractivity contribution in [2.24, 2.45) is 5.73 Å². The summed E-state index contributed by atoms with van der Waals surface area (Å²) < 4.78 is 5.30. The number of hydrogen-bond donors (Lipinski definition) is 1. The zero-order valence-corrected chi connectivity index (χ0v) is 9.86. The highest BCUT2D eigenvalue weighted by atomic mass is 16.5. The third kappa shape index (κ3) is 3.65. The highest BCUT2D eigenvalue weighted by Gasteiger charge is 2.06. The van der Waals surface area contributed by atoms with Crippen molar-refractivity contribution in [1.82, 2.24) is 0 Å². The molecule has 0 aromatic heterocycles. The Morgan fingerprint density at radius 2 is 1.67 bits per heavy atom. The minimum Gasteiger partial charge on any atom is -0.380 e. The van der Waals surface area contributed by atoms with Crippen LogP contribution >= 0.6 is 0 Å². The molecule has 1 aromatic carbocycles. The Kier molecular flexibility index (Phi) is 4.79. The highest BCUT2D eigenvalue weighted by Crippen LogP contribution is 2.17. The van der Waals surface area contributed by atoms with Crippen molar-refractivity contribution in [3.63, 3.8) is 0 Å². The lowest BCUT2D eigenvalue weighted by atomic mass is 10.00. The summed E-state index contributed by atoms with van der Waals surface area (Å²) in [5, 5.41) is 0. The van der Waals surface area contributed by atoms with Gasteiger partial charge in [-0.1, -0.05) is 38.1 Å². The number of rotatable bonds is 5. The predicted molar refractivity (Wildman–Crippen MR) is 64.0 cm³/mol. The summed E-state index contributed by atoms with van der Waals surface area (Å²) in [4.78, 5) is 0. The molecule has 0 saturated heterocycles. The molecule has 1 rings (SSSR count). The molecule has 0 radical (unpaired) electrons. The van der Waals surface area contributed by atoms with Crippen LogP contribution < -0.4 is 5.73 Å². The first kappa shape index (κ1) is 12.2. The van der Waals surface area contributed by atoms with Crippen molar-refractivity contribution < 1.29 is 4.74 Å². The van der Waals surface area contributed by atoms with Gasteiger partial charge in [-0.05, 0) is 24.0 Å². The van der Waals surface area contributed by atoms with E-state index in [1.54, 1.807) is 0 Å². The van der Waals surface area contributed by atoms with E-state index in [1.807, 2.05) is 6.92 Å². The Hall–Kier alpha value is -0.860. The van der Waals surface area contributed by atoms with E-state index in [2.05, 4.69) is 38.1 Å². The van der Waals surface area contributed by atoms with E-state index in [0.717, 1.165) is 12.2 Å². The first-order valence-corrected chi connectivity index (χ1v) is 5.58. The van der Waals surface area contributed by atoms with Gasteiger partial charge < -0.3 is 10.5 Å². The van der Waals surface area contributed by atoms with Crippen LogP contribution in [0.15, 0.2) is 24.3 Å². The molecule has 0 aliphatic rings. The molecular formula is C13H21NO. The number of benzene rings is 1. The normalized spacial score (nSPS) is 13.1. The van der Waals surface area contributed by atoms with Crippen LogP contribution in [0, 0.1) is 0 Å². The third-order valence-electron chi connectivity index (χ3n) is 2.53. The van der Waals surface area contributed by atoms with Crippen LogP contribution in [0.1, 0.15) is 43.9 Å². The van der Waals surface area contributed by atoms with Crippen LogP contribution in [0.25, 0.3) is 0 Å². The van der Waals surface area contributed by atoms with E-state index >= 15 is 0 Å². The molecule has 0 heterocycles. The van der Waals surface area contributed by atoms with Gasteiger partial charge in [0.15, 0.2) is 0 Å². The molecule has 0 spiro atoms. The standard InChI is InChI=1S/C13H21NO/c1-4-15-9-13(14)12-7-5-11(6-8-12)10(2)3/h5-8,10,13H,4,9,14H2,1-3H3. The molecule has 2 N–H and O–H groups in total. The average Bonchev–Trinajstić information content (AvgIpc) is 2.26. The summed E-state index contributed by atoms with van der Waals surface area (Å²) in [6.45, 7) is 7.67. The highest BCUT2D eigenvalue weighted by molar-refractivity contribution is 5.26. The zero-order chi connectivity index (χ0) is 11.3. The molecule has 0 aliphatic carbocycles. The topological polar surface area (TPSA) is 35.2 Å². The van der Waals surface area contributed by atoms with Gasteiger partial charge in [0.2, 0.25) is 0 Å². The van der Waals surface area contributed by atoms with Gasteiger partial charge in [-0.3, -0.25) is 0 Å². The number of ether oxygens (including phenoxy) is 1. The third-order valence-corrected chi connectivity index (χ3v) is 2.53. The molecule has 15 heavy (non-hydrogen) atoms. The second kappa shape index (κ2) is 5.89. The minimum absolute atomic E-state index is 0.00818. The fourth-order valence-electron chi connectivity index (χ4n) is 1.47. The van der Waals surface area contributed by atoms with Gasteiger partial charge in [0, 0.05) is 6.61 Å². The summed E-state index contributed by atoms with van der Waals surface area (Å²) in [5.41, 5.74) is 8.48. The molecule has 1 atom stereocenters. The van der Waals surface area contributed by atoms with Gasteiger partial charge in [0.1, 0.15) is 0 Å². The molecule has 0 amide bonds. The average molecular weight is 207 g/mol. The molecule has 0 bridgehead atoms. The van der Waals surface area contributed by atoms with Crippen molar-refractivity contribution in [3.05, 3.63) is 35.4 Å². The van der Waals surface area contributed by atoms with Crippen LogP contribution in [0.2, 0.25) is 0 Å². The van der Waals surface area contributed by atoms with Crippen molar-refractivity contribution in [2.75, 3.05) is 13.2 Å². The fraction of sp³-hybridized carbons (Fsp3) is 0.538. The van der Waals surface area contributed by atoms with Crippen LogP contribution in [0.5, 0.6) is 0 Å². The maximum Gasteiger partial charge on any atom is 0.0659 e. The molecule has 0 fully saturated rings. The summed E-state index contributed by atoms with van der Waals surface area (Å²) >= 11 is 0. The maximum atomic E-state index is 5.98. The lowest BCUT2D eigenvalue weighted by Crippen LogP contribution is -2.17. The van der Waals surface area contributed by atoms with Crippen LogP contribution in [-0.4, -0.2) is 13.2 Å². The van der Waals surface area contributed by atoms with E-state index in [0.29, 0.717) is 12.5 Å². The zero-order valence-electron chi connectivity index (χ0n) is 9.86. The van der Waals surface area contributed by atoms with Gasteiger partial charge in [0.05, 0.1) is 12.6 Å². The lowest BCUT2D eigenvalue weighted by molar-refractivity contribution is 0.133. The molecule has 84 valence electrons. The number of nitrogens with two attached hydrogens (primary N) is 1. The van der Waals surface area contributed by atoms with Crippen molar-refractivity contribution in [2.45, 2.75) is 32.7 Å². The quantitative estimate of drug-likeness (QED) is 0.805. The predicted octanol–water partition coefficient (Wildman–Crippen LogP) is 2.85. The molecule has 2 nitrogen and oxygen atoms in total. The Balaban J connectivity index is 2.62. The Bertz CT molecular complexity index is 279. The van der Waals surface area contributed by atoms with Crippen LogP contribution in [0.4, 0.5) is 0 Å². The number of hydrogen-bond acceptors (Lipinski definition) is 2. The Labute approximate surface area is 92.4 Å². The van der Waals surface area contributed by atoms with Crippen molar-refractivity contribution in [1.29, 1.82) is 0 Å². The lowest BCUT2D eigenvalue weighted by Gasteiger charge is -2.13. The molecule has 2 heteroatoms. The molecule has 1 unspecified atom stereocenters. The minimum atomic E-state index is -0.00818. The summed E-state index contributed by atoms with van der Waals surface area (Å²) in [6.07, 6.45) is 0. The van der Waals surface area contributed by atoms with E-state index in [1.165, 1.54) is 5.56 Å². The monoisotopic (exact) mass is 207 g/mol. The van der Waals surface area contributed by atoms with Gasteiger partial charge in [-0.25, -0.2) is 0 Å². The van der Waals surface area contributed by atoms with Crippen molar-refractivity contribution >= 4 is 0 Å². The van der Waals surface area contributed by atoms with Gasteiger partial charge in [0.25, 0.3) is 0 Å². The van der Waals surface area contributed by atoms with Crippen LogP contribution in [0.3, 0.4) is 0 Å². The largest absolute Gasteiger partial charge is 0.380 e. The molecule has 1 aromatic rings. The van der Waals surface area contributed by atoms with E-state index in [-0.39, 0.29) is 6.04 Å². The van der Waals surface area contributed by atoms with E-state index < -0.39 is 0 Å². The maximum absolute atomic E-state index is 5.98. The summed E-state index contributed by atoms with van der Waals surface area (Å²) in [7, 11) is 0. The smallest absolute Gasteiger partial charge is 0.0659 e. The van der Waals surface area contributed by atoms with Crippen molar-refractivity contribution in [3.8, 4) is 0 Å². The Morgan fingerprint density at radius 3 is 2.13 bits per heavy atom. The summed E-state index contributed by atoms with van der Waals surface area (Å²) in [5.74, 6) is 0.571. The molecule has 0 aliphatic heterocycles. The van der Waals surface area contributed by atoms with Crippen LogP contribution in [-0.2, 0) is 4.74 Å². The SMILES string of the molecule is CCOCC(N)c1ccc(C(C)C)cc1. The van der Waals surface area contributed by atoms with Gasteiger partial charge >= 0.3 is 0 Å². The van der Waals surface area contributed by atoms with Gasteiger partial charge in [-0.15, -0.1) is 0 Å². The molecule has 0 saturated carbocycles. The van der Waals surface area contributed by atoms with E-state index in [4.69, 9.17) is 10.5 Å².